The van der Waals surface area contributed by atoms with Crippen LogP contribution in [0.5, 0.6) is 0 Å². The maximum atomic E-state index is 12.6. The second-order valence-corrected chi connectivity index (χ2v) is 13.6. The van der Waals surface area contributed by atoms with Crippen molar-refractivity contribution in [1.29, 1.82) is 0 Å². The highest BCUT2D eigenvalue weighted by molar-refractivity contribution is 5.94. The van der Waals surface area contributed by atoms with E-state index >= 15 is 0 Å². The number of aliphatic hydroxyl groups excluding tert-OH is 1. The van der Waals surface area contributed by atoms with Gasteiger partial charge in [0.05, 0.1) is 30.2 Å². The molecular formula is C44H48N4O5. The highest BCUT2D eigenvalue weighted by atomic mass is 16.7. The van der Waals surface area contributed by atoms with Crippen LogP contribution in [0.1, 0.15) is 65.9 Å². The SMILES string of the molecule is CN(Cc1ccccc1)C[C@@H]1C[C@H](c2ccc(CO)cc2)O[C@H](c2cccc(-c3cccc(CNC(=O)CCCC(=O)Nc4ccccc4N)c3)c2)O1. The summed E-state index contributed by atoms with van der Waals surface area (Å²) in [4.78, 5) is 27.2. The van der Waals surface area contributed by atoms with Crippen molar-refractivity contribution in [2.75, 3.05) is 24.6 Å². The molecule has 5 aromatic rings. The zero-order valence-corrected chi connectivity index (χ0v) is 30.1. The Kier molecular flexibility index (Phi) is 13.0. The van der Waals surface area contributed by atoms with Gasteiger partial charge in [-0.1, -0.05) is 103 Å². The van der Waals surface area contributed by atoms with Crippen molar-refractivity contribution in [2.24, 2.45) is 0 Å². The fourth-order valence-corrected chi connectivity index (χ4v) is 6.59. The van der Waals surface area contributed by atoms with Gasteiger partial charge in [0.2, 0.25) is 11.8 Å². The number of rotatable bonds is 15. The Hall–Kier alpha value is -5.32. The van der Waals surface area contributed by atoms with Crippen molar-refractivity contribution in [3.63, 3.8) is 0 Å². The first kappa shape index (κ1) is 37.4. The van der Waals surface area contributed by atoms with Crippen molar-refractivity contribution >= 4 is 23.2 Å². The predicted molar refractivity (Wildman–Crippen MR) is 208 cm³/mol. The zero-order valence-electron chi connectivity index (χ0n) is 30.1. The molecule has 0 aromatic heterocycles. The first-order chi connectivity index (χ1) is 25.8. The number of anilines is 2. The van der Waals surface area contributed by atoms with Crippen LogP contribution in [0.2, 0.25) is 0 Å². The average Bonchev–Trinajstić information content (AvgIpc) is 3.18. The molecular weight excluding hydrogens is 665 g/mol. The number of para-hydroxylation sites is 2. The fraction of sp³-hybridized carbons (Fsp3) is 0.273. The van der Waals surface area contributed by atoms with Gasteiger partial charge in [-0.25, -0.2) is 0 Å². The van der Waals surface area contributed by atoms with Crippen molar-refractivity contribution in [3.8, 4) is 11.1 Å². The van der Waals surface area contributed by atoms with E-state index in [1.165, 1.54) is 5.56 Å². The lowest BCUT2D eigenvalue weighted by atomic mass is 9.98. The number of aliphatic hydroxyl groups is 1. The number of nitrogen functional groups attached to an aromatic ring is 1. The number of carbonyl (C=O) groups excluding carboxylic acids is 2. The quantitative estimate of drug-likeness (QED) is 0.0827. The molecule has 3 atom stereocenters. The summed E-state index contributed by atoms with van der Waals surface area (Å²) < 4.78 is 13.3. The summed E-state index contributed by atoms with van der Waals surface area (Å²) in [5.41, 5.74) is 14.1. The number of amides is 2. The molecule has 5 N–H and O–H groups in total. The molecule has 53 heavy (non-hydrogen) atoms. The summed E-state index contributed by atoms with van der Waals surface area (Å²) in [7, 11) is 2.12. The molecule has 0 radical (unpaired) electrons. The van der Waals surface area contributed by atoms with Gasteiger partial charge in [-0.05, 0) is 71.1 Å². The smallest absolute Gasteiger partial charge is 0.224 e. The molecule has 1 aliphatic rings. The zero-order chi connectivity index (χ0) is 37.0. The first-order valence-electron chi connectivity index (χ1n) is 18.2. The lowest BCUT2D eigenvalue weighted by Crippen LogP contribution is -2.37. The van der Waals surface area contributed by atoms with Crippen molar-refractivity contribution in [1.82, 2.24) is 10.2 Å². The maximum absolute atomic E-state index is 12.6. The molecule has 1 saturated heterocycles. The van der Waals surface area contributed by atoms with E-state index < -0.39 is 6.29 Å². The van der Waals surface area contributed by atoms with Crippen LogP contribution in [0.3, 0.4) is 0 Å². The molecule has 0 bridgehead atoms. The summed E-state index contributed by atoms with van der Waals surface area (Å²) in [5, 5.41) is 15.4. The topological polar surface area (TPSA) is 126 Å². The van der Waals surface area contributed by atoms with Crippen LogP contribution in [-0.2, 0) is 38.8 Å². The van der Waals surface area contributed by atoms with Gasteiger partial charge in [-0.15, -0.1) is 0 Å². The summed E-state index contributed by atoms with van der Waals surface area (Å²) in [6, 6.07) is 41.8. The predicted octanol–water partition coefficient (Wildman–Crippen LogP) is 7.53. The Morgan fingerprint density at radius 3 is 2.23 bits per heavy atom. The second-order valence-electron chi connectivity index (χ2n) is 13.6. The molecule has 0 spiro atoms. The van der Waals surface area contributed by atoms with E-state index in [1.807, 2.05) is 66.7 Å². The van der Waals surface area contributed by atoms with Gasteiger partial charge in [-0.3, -0.25) is 14.5 Å². The van der Waals surface area contributed by atoms with E-state index in [0.29, 0.717) is 30.8 Å². The largest absolute Gasteiger partial charge is 0.397 e. The third kappa shape index (κ3) is 10.8. The lowest BCUT2D eigenvalue weighted by Gasteiger charge is -2.38. The van der Waals surface area contributed by atoms with E-state index in [0.717, 1.165) is 46.5 Å². The number of nitrogens with two attached hydrogens (primary N) is 1. The first-order valence-corrected chi connectivity index (χ1v) is 18.2. The summed E-state index contributed by atoms with van der Waals surface area (Å²) in [6.45, 7) is 1.93. The molecule has 9 nitrogen and oxygen atoms in total. The van der Waals surface area contributed by atoms with E-state index in [9.17, 15) is 14.7 Å². The minimum absolute atomic E-state index is 0.00296. The van der Waals surface area contributed by atoms with Crippen LogP contribution in [-0.4, -0.2) is 41.5 Å². The van der Waals surface area contributed by atoms with Gasteiger partial charge in [0, 0.05) is 44.5 Å². The van der Waals surface area contributed by atoms with Crippen molar-refractivity contribution in [2.45, 2.75) is 63.9 Å². The minimum Gasteiger partial charge on any atom is -0.397 e. The number of carbonyl (C=O) groups is 2. The monoisotopic (exact) mass is 712 g/mol. The van der Waals surface area contributed by atoms with Gasteiger partial charge in [0.25, 0.3) is 0 Å². The Labute approximate surface area is 311 Å². The minimum atomic E-state index is -0.573. The van der Waals surface area contributed by atoms with Gasteiger partial charge in [0.15, 0.2) is 6.29 Å². The Morgan fingerprint density at radius 2 is 1.45 bits per heavy atom. The summed E-state index contributed by atoms with van der Waals surface area (Å²) in [5.74, 6) is -0.284. The molecule has 0 saturated carbocycles. The van der Waals surface area contributed by atoms with E-state index in [-0.39, 0.29) is 43.5 Å². The third-order valence-corrected chi connectivity index (χ3v) is 9.38. The number of ether oxygens (including phenoxy) is 2. The molecule has 2 amide bonds. The van der Waals surface area contributed by atoms with Crippen LogP contribution in [0.15, 0.2) is 127 Å². The van der Waals surface area contributed by atoms with Gasteiger partial charge in [-0.2, -0.15) is 0 Å². The molecule has 1 aliphatic heterocycles. The summed E-state index contributed by atoms with van der Waals surface area (Å²) >= 11 is 0. The van der Waals surface area contributed by atoms with Crippen LogP contribution in [0, 0.1) is 0 Å². The van der Waals surface area contributed by atoms with E-state index in [2.05, 4.69) is 71.1 Å². The van der Waals surface area contributed by atoms with Gasteiger partial charge >= 0.3 is 0 Å². The van der Waals surface area contributed by atoms with Crippen LogP contribution in [0.25, 0.3) is 11.1 Å². The van der Waals surface area contributed by atoms with Crippen molar-refractivity contribution < 1.29 is 24.2 Å². The Morgan fingerprint density at radius 1 is 0.755 bits per heavy atom. The molecule has 0 unspecified atom stereocenters. The van der Waals surface area contributed by atoms with Gasteiger partial charge in [0.1, 0.15) is 0 Å². The number of hydrogen-bond acceptors (Lipinski definition) is 7. The van der Waals surface area contributed by atoms with Crippen LogP contribution >= 0.6 is 0 Å². The maximum Gasteiger partial charge on any atom is 0.224 e. The Balaban J connectivity index is 1.08. The summed E-state index contributed by atoms with van der Waals surface area (Å²) in [6.07, 6.45) is 0.789. The molecule has 1 fully saturated rings. The fourth-order valence-electron chi connectivity index (χ4n) is 6.59. The van der Waals surface area contributed by atoms with Crippen LogP contribution < -0.4 is 16.4 Å². The van der Waals surface area contributed by atoms with Crippen LogP contribution in [0.4, 0.5) is 11.4 Å². The van der Waals surface area contributed by atoms with Gasteiger partial charge < -0.3 is 30.9 Å². The highest BCUT2D eigenvalue weighted by Gasteiger charge is 2.33. The normalized spacial score (nSPS) is 17.0. The molecule has 5 aromatic carbocycles. The number of likely N-dealkylation sites (N-methyl/N-ethyl adjacent to an activating group) is 1. The molecule has 6 rings (SSSR count). The van der Waals surface area contributed by atoms with E-state index in [1.54, 1.807) is 12.1 Å². The molecule has 1 heterocycles. The Bertz CT molecular complexity index is 1950. The third-order valence-electron chi connectivity index (χ3n) is 9.38. The van der Waals surface area contributed by atoms with Crippen molar-refractivity contribution in [3.05, 3.63) is 155 Å². The number of hydrogen-bond donors (Lipinski definition) is 4. The number of nitrogens with zero attached hydrogens (tertiary/aromatic N) is 1. The average molecular weight is 713 g/mol. The number of benzene rings is 5. The lowest BCUT2D eigenvalue weighted by molar-refractivity contribution is -0.252. The molecule has 9 heteroatoms. The molecule has 0 aliphatic carbocycles. The molecule has 274 valence electrons. The van der Waals surface area contributed by atoms with E-state index in [4.69, 9.17) is 15.2 Å². The standard InChI is InChI=1S/C44H48N4O5/c1-48(28-31-10-3-2-4-11-31)29-38-26-41(34-22-20-32(30-49)21-23-34)53-44(52-38)37-15-8-14-36(25-37)35-13-7-12-33(24-35)27-46-42(50)18-9-19-43(51)47-40-17-6-5-16-39(40)45/h2-8,10-17,20-25,38,41,44,49H,9,18-19,26-30,45H2,1H3,(H,46,50)(H,47,51)/t38-,41+,44+/m0/s1. The highest BCUT2D eigenvalue weighted by Crippen LogP contribution is 2.39. The number of nitrogens with one attached hydrogen (secondary N) is 2. The second kappa shape index (κ2) is 18.4.